The van der Waals surface area contributed by atoms with Crippen LogP contribution in [0.25, 0.3) is 0 Å². The highest BCUT2D eigenvalue weighted by Gasteiger charge is 2.14. The Hall–Kier alpha value is -1.94. The van der Waals surface area contributed by atoms with Gasteiger partial charge in [0.1, 0.15) is 11.6 Å². The van der Waals surface area contributed by atoms with E-state index in [2.05, 4.69) is 23.3 Å². The van der Waals surface area contributed by atoms with Crippen molar-refractivity contribution in [2.45, 2.75) is 20.4 Å². The van der Waals surface area contributed by atoms with Crippen LogP contribution in [0.5, 0.6) is 0 Å². The zero-order valence-corrected chi connectivity index (χ0v) is 12.4. The van der Waals surface area contributed by atoms with E-state index in [9.17, 15) is 4.39 Å². The van der Waals surface area contributed by atoms with Crippen LogP contribution < -0.4 is 10.2 Å². The molecular weight excluding hydrogens is 253 g/mol. The van der Waals surface area contributed by atoms with E-state index in [0.717, 1.165) is 29.3 Å². The number of benzene rings is 1. The van der Waals surface area contributed by atoms with Gasteiger partial charge in [0.2, 0.25) is 0 Å². The molecule has 20 heavy (non-hydrogen) atoms. The van der Waals surface area contributed by atoms with Gasteiger partial charge in [0.05, 0.1) is 0 Å². The van der Waals surface area contributed by atoms with Crippen molar-refractivity contribution < 1.29 is 4.39 Å². The molecule has 2 aromatic rings. The average Bonchev–Trinajstić information content (AvgIpc) is 2.41. The topological polar surface area (TPSA) is 28.2 Å². The third kappa shape index (κ3) is 2.96. The number of aryl methyl sites for hydroxylation is 2. The molecule has 0 atom stereocenters. The summed E-state index contributed by atoms with van der Waals surface area (Å²) in [7, 11) is 3.82. The zero-order chi connectivity index (χ0) is 14.7. The van der Waals surface area contributed by atoms with Gasteiger partial charge in [0.25, 0.3) is 0 Å². The maximum atomic E-state index is 13.4. The van der Waals surface area contributed by atoms with Crippen LogP contribution in [0.2, 0.25) is 0 Å². The van der Waals surface area contributed by atoms with E-state index >= 15 is 0 Å². The number of hydrogen-bond acceptors (Lipinski definition) is 3. The minimum absolute atomic E-state index is 0.242. The molecule has 0 aliphatic heterocycles. The molecule has 0 amide bonds. The van der Waals surface area contributed by atoms with Crippen molar-refractivity contribution in [2.75, 3.05) is 19.0 Å². The molecule has 1 aromatic carbocycles. The molecule has 1 heterocycles. The Balaban J connectivity index is 2.50. The van der Waals surface area contributed by atoms with E-state index in [1.54, 1.807) is 6.07 Å². The van der Waals surface area contributed by atoms with Gasteiger partial charge in [-0.1, -0.05) is 6.07 Å². The monoisotopic (exact) mass is 273 g/mol. The van der Waals surface area contributed by atoms with E-state index in [1.807, 2.05) is 32.0 Å². The first-order valence-corrected chi connectivity index (χ1v) is 6.64. The lowest BCUT2D eigenvalue weighted by Crippen LogP contribution is -2.18. The summed E-state index contributed by atoms with van der Waals surface area (Å²) in [5.41, 5.74) is 4.07. The van der Waals surface area contributed by atoms with Crippen molar-refractivity contribution in [1.29, 1.82) is 0 Å². The smallest absolute Gasteiger partial charge is 0.137 e. The van der Waals surface area contributed by atoms with Crippen molar-refractivity contribution in [3.05, 3.63) is 53.0 Å². The number of nitrogens with one attached hydrogen (secondary N) is 1. The average molecular weight is 273 g/mol. The largest absolute Gasteiger partial charge is 0.329 e. The maximum Gasteiger partial charge on any atom is 0.137 e. The minimum Gasteiger partial charge on any atom is -0.329 e. The lowest BCUT2D eigenvalue weighted by atomic mass is 10.1. The van der Waals surface area contributed by atoms with Gasteiger partial charge < -0.3 is 10.2 Å². The highest BCUT2D eigenvalue weighted by molar-refractivity contribution is 5.63. The molecule has 0 unspecified atom stereocenters. The number of hydrogen-bond donors (Lipinski definition) is 1. The van der Waals surface area contributed by atoms with Crippen LogP contribution in [0.1, 0.15) is 16.8 Å². The predicted molar refractivity (Wildman–Crippen MR) is 80.9 cm³/mol. The lowest BCUT2D eigenvalue weighted by Gasteiger charge is -2.23. The van der Waals surface area contributed by atoms with Gasteiger partial charge in [0, 0.05) is 30.5 Å². The Morgan fingerprint density at radius 2 is 2.00 bits per heavy atom. The number of halogens is 1. The molecule has 0 saturated heterocycles. The van der Waals surface area contributed by atoms with Crippen molar-refractivity contribution in [1.82, 2.24) is 10.3 Å². The fraction of sp³-hybridized carbons (Fsp3) is 0.312. The molecule has 0 aliphatic rings. The Labute approximate surface area is 119 Å². The second kappa shape index (κ2) is 6.01. The normalized spacial score (nSPS) is 10.7. The number of nitrogens with zero attached hydrogens (tertiary/aromatic N) is 2. The van der Waals surface area contributed by atoms with Crippen LogP contribution in [0, 0.1) is 19.7 Å². The number of anilines is 2. The number of rotatable bonds is 4. The quantitative estimate of drug-likeness (QED) is 0.926. The van der Waals surface area contributed by atoms with Gasteiger partial charge in [-0.05, 0) is 50.7 Å². The standard InChI is InChI=1S/C16H20FN3/c1-11-8-12(2)19-16(15(11)10-18-3)20(4)14-7-5-6-13(17)9-14/h5-9,18H,10H2,1-4H3. The minimum atomic E-state index is -0.242. The number of pyridine rings is 1. The summed E-state index contributed by atoms with van der Waals surface area (Å²) in [6.07, 6.45) is 0. The van der Waals surface area contributed by atoms with Gasteiger partial charge in [-0.3, -0.25) is 0 Å². The molecule has 0 spiro atoms. The molecule has 106 valence electrons. The molecule has 1 aromatic heterocycles. The van der Waals surface area contributed by atoms with Crippen molar-refractivity contribution in [2.24, 2.45) is 0 Å². The van der Waals surface area contributed by atoms with E-state index in [4.69, 9.17) is 0 Å². The summed E-state index contributed by atoms with van der Waals surface area (Å²) in [5.74, 6) is 0.622. The summed E-state index contributed by atoms with van der Waals surface area (Å²) >= 11 is 0. The van der Waals surface area contributed by atoms with Gasteiger partial charge in [0.15, 0.2) is 0 Å². The van der Waals surface area contributed by atoms with Crippen LogP contribution >= 0.6 is 0 Å². The van der Waals surface area contributed by atoms with E-state index in [0.29, 0.717) is 0 Å². The van der Waals surface area contributed by atoms with Crippen LogP contribution in [-0.2, 0) is 6.54 Å². The van der Waals surface area contributed by atoms with Crippen LogP contribution in [0.4, 0.5) is 15.9 Å². The van der Waals surface area contributed by atoms with Gasteiger partial charge in [-0.15, -0.1) is 0 Å². The van der Waals surface area contributed by atoms with Gasteiger partial charge >= 0.3 is 0 Å². The van der Waals surface area contributed by atoms with Crippen LogP contribution in [-0.4, -0.2) is 19.1 Å². The highest BCUT2D eigenvalue weighted by atomic mass is 19.1. The molecule has 2 rings (SSSR count). The summed E-state index contributed by atoms with van der Waals surface area (Å²) < 4.78 is 13.4. The first kappa shape index (κ1) is 14.5. The first-order chi connectivity index (χ1) is 9.52. The van der Waals surface area contributed by atoms with E-state index in [-0.39, 0.29) is 5.82 Å². The summed E-state index contributed by atoms with van der Waals surface area (Å²) in [5, 5.41) is 3.16. The van der Waals surface area contributed by atoms with Crippen LogP contribution in [0.15, 0.2) is 30.3 Å². The fourth-order valence-corrected chi connectivity index (χ4v) is 2.32. The van der Waals surface area contributed by atoms with Crippen molar-refractivity contribution >= 4 is 11.5 Å². The molecule has 3 nitrogen and oxygen atoms in total. The fourth-order valence-electron chi connectivity index (χ4n) is 2.32. The number of aromatic nitrogens is 1. The Bertz CT molecular complexity index is 611. The van der Waals surface area contributed by atoms with Crippen molar-refractivity contribution in [3.8, 4) is 0 Å². The Morgan fingerprint density at radius 3 is 2.65 bits per heavy atom. The molecule has 1 N–H and O–H groups in total. The Morgan fingerprint density at radius 1 is 1.25 bits per heavy atom. The summed E-state index contributed by atoms with van der Waals surface area (Å²) in [4.78, 5) is 6.55. The van der Waals surface area contributed by atoms with E-state index < -0.39 is 0 Å². The third-order valence-electron chi connectivity index (χ3n) is 3.32. The second-order valence-corrected chi connectivity index (χ2v) is 4.95. The van der Waals surface area contributed by atoms with E-state index in [1.165, 1.54) is 17.7 Å². The molecular formula is C16H20FN3. The molecule has 0 bridgehead atoms. The lowest BCUT2D eigenvalue weighted by molar-refractivity contribution is 0.628. The van der Waals surface area contributed by atoms with Gasteiger partial charge in [-0.25, -0.2) is 9.37 Å². The molecule has 0 radical (unpaired) electrons. The summed E-state index contributed by atoms with van der Waals surface area (Å²) in [6.45, 7) is 4.78. The molecule has 0 fully saturated rings. The maximum absolute atomic E-state index is 13.4. The molecule has 0 saturated carbocycles. The van der Waals surface area contributed by atoms with Crippen LogP contribution in [0.3, 0.4) is 0 Å². The van der Waals surface area contributed by atoms with Crippen molar-refractivity contribution in [3.63, 3.8) is 0 Å². The van der Waals surface area contributed by atoms with Gasteiger partial charge in [-0.2, -0.15) is 0 Å². The SMILES string of the molecule is CNCc1c(C)cc(C)nc1N(C)c1cccc(F)c1. The Kier molecular flexibility index (Phi) is 4.35. The third-order valence-corrected chi connectivity index (χ3v) is 3.32. The second-order valence-electron chi connectivity index (χ2n) is 4.95. The molecule has 0 aliphatic carbocycles. The zero-order valence-electron chi connectivity index (χ0n) is 12.4. The highest BCUT2D eigenvalue weighted by Crippen LogP contribution is 2.28. The first-order valence-electron chi connectivity index (χ1n) is 6.64. The summed E-state index contributed by atoms with van der Waals surface area (Å²) in [6, 6.07) is 8.62. The molecule has 4 heteroatoms. The predicted octanol–water partition coefficient (Wildman–Crippen LogP) is 3.32.